The van der Waals surface area contributed by atoms with Gasteiger partial charge in [-0.25, -0.2) is 0 Å². The third-order valence-electron chi connectivity index (χ3n) is 3.84. The number of nitrogens with zero attached hydrogens (tertiary/aromatic N) is 1. The molecule has 0 aliphatic carbocycles. The molecule has 122 valence electrons. The van der Waals surface area contributed by atoms with Crippen molar-refractivity contribution >= 4 is 28.3 Å². The fraction of sp³-hybridized carbons (Fsp3) is 0.150. The molecule has 0 aliphatic rings. The summed E-state index contributed by atoms with van der Waals surface area (Å²) in [6.45, 7) is 0. The average Bonchev–Trinajstić information content (AvgIpc) is 2.61. The Morgan fingerprint density at radius 1 is 0.917 bits per heavy atom. The molecule has 0 bridgehead atoms. The van der Waals surface area contributed by atoms with Crippen LogP contribution in [0.3, 0.4) is 0 Å². The van der Waals surface area contributed by atoms with Crippen LogP contribution in [-0.4, -0.2) is 24.9 Å². The van der Waals surface area contributed by atoms with Crippen LogP contribution < -0.4 is 4.74 Å². The summed E-state index contributed by atoms with van der Waals surface area (Å²) >= 11 is 6.26. The summed E-state index contributed by atoms with van der Waals surface area (Å²) in [7, 11) is 3.45. The number of carbonyl (C=O) groups is 1. The molecular formula is C20H18ClNO2. The third-order valence-corrected chi connectivity index (χ3v) is 4.17. The lowest BCUT2D eigenvalue weighted by molar-refractivity contribution is -0.136. The van der Waals surface area contributed by atoms with Crippen molar-refractivity contribution < 1.29 is 9.53 Å². The van der Waals surface area contributed by atoms with Crippen LogP contribution in [0.4, 0.5) is 0 Å². The molecule has 3 aromatic carbocycles. The molecule has 0 spiro atoms. The van der Waals surface area contributed by atoms with Crippen LogP contribution in [0, 0.1) is 0 Å². The van der Waals surface area contributed by atoms with Crippen molar-refractivity contribution in [2.75, 3.05) is 14.1 Å². The van der Waals surface area contributed by atoms with Gasteiger partial charge in [-0.1, -0.05) is 66.2 Å². The molecule has 0 saturated carbocycles. The van der Waals surface area contributed by atoms with E-state index in [-0.39, 0.29) is 5.91 Å². The minimum atomic E-state index is -0.703. The molecule has 0 fully saturated rings. The lowest BCUT2D eigenvalue weighted by Crippen LogP contribution is -2.31. The van der Waals surface area contributed by atoms with Crippen LogP contribution >= 0.6 is 11.6 Å². The number of halogens is 1. The highest BCUT2D eigenvalue weighted by Gasteiger charge is 2.25. The fourth-order valence-electron chi connectivity index (χ4n) is 2.59. The first-order valence-electron chi connectivity index (χ1n) is 7.68. The Kier molecular flexibility index (Phi) is 4.72. The van der Waals surface area contributed by atoms with Crippen molar-refractivity contribution in [3.63, 3.8) is 0 Å². The summed E-state index contributed by atoms with van der Waals surface area (Å²) in [6.07, 6.45) is -0.703. The number of likely N-dealkylation sites (N-methyl/N-ethyl adjacent to an activating group) is 1. The fourth-order valence-corrected chi connectivity index (χ4v) is 2.82. The number of hydrogen-bond acceptors (Lipinski definition) is 2. The lowest BCUT2D eigenvalue weighted by Gasteiger charge is -2.23. The van der Waals surface area contributed by atoms with Gasteiger partial charge < -0.3 is 9.64 Å². The van der Waals surface area contributed by atoms with E-state index in [0.717, 1.165) is 16.3 Å². The summed E-state index contributed by atoms with van der Waals surface area (Å²) in [4.78, 5) is 14.2. The third kappa shape index (κ3) is 3.22. The van der Waals surface area contributed by atoms with Gasteiger partial charge in [0.2, 0.25) is 6.10 Å². The first kappa shape index (κ1) is 16.3. The zero-order valence-electron chi connectivity index (χ0n) is 13.6. The highest BCUT2D eigenvalue weighted by Crippen LogP contribution is 2.34. The van der Waals surface area contributed by atoms with E-state index in [2.05, 4.69) is 0 Å². The van der Waals surface area contributed by atoms with Crippen molar-refractivity contribution in [2.45, 2.75) is 6.10 Å². The molecule has 3 aromatic rings. The van der Waals surface area contributed by atoms with Crippen molar-refractivity contribution in [1.82, 2.24) is 4.90 Å². The van der Waals surface area contributed by atoms with E-state index >= 15 is 0 Å². The SMILES string of the molecule is CN(C)C(=O)[C@@H](Oc1ccc(Cl)c2ccccc12)c1ccccc1. The van der Waals surface area contributed by atoms with E-state index < -0.39 is 6.10 Å². The second kappa shape index (κ2) is 6.93. The second-order valence-corrected chi connectivity index (χ2v) is 6.14. The summed E-state index contributed by atoms with van der Waals surface area (Å²) in [5, 5.41) is 2.45. The number of hydrogen-bond donors (Lipinski definition) is 0. The summed E-state index contributed by atoms with van der Waals surface area (Å²) in [6, 6.07) is 20.8. The molecule has 3 nitrogen and oxygen atoms in total. The van der Waals surface area contributed by atoms with E-state index in [4.69, 9.17) is 16.3 Å². The topological polar surface area (TPSA) is 29.5 Å². The predicted octanol–water partition coefficient (Wildman–Crippen LogP) is 4.70. The van der Waals surface area contributed by atoms with Gasteiger partial charge in [-0.05, 0) is 12.1 Å². The zero-order valence-corrected chi connectivity index (χ0v) is 14.3. The smallest absolute Gasteiger partial charge is 0.267 e. The molecule has 3 rings (SSSR count). The Balaban J connectivity index is 2.06. The van der Waals surface area contributed by atoms with Gasteiger partial charge in [0.05, 0.1) is 0 Å². The minimum absolute atomic E-state index is 0.111. The molecule has 1 atom stereocenters. The predicted molar refractivity (Wildman–Crippen MR) is 97.5 cm³/mol. The molecule has 0 aliphatic heterocycles. The summed E-state index contributed by atoms with van der Waals surface area (Å²) in [5.74, 6) is 0.527. The molecule has 24 heavy (non-hydrogen) atoms. The standard InChI is InChI=1S/C20H18ClNO2/c1-22(2)20(23)19(14-8-4-3-5-9-14)24-18-13-12-17(21)15-10-6-7-11-16(15)18/h3-13,19H,1-2H3/t19-/m0/s1. The highest BCUT2D eigenvalue weighted by molar-refractivity contribution is 6.35. The molecule has 0 saturated heterocycles. The van der Waals surface area contributed by atoms with Crippen LogP contribution in [-0.2, 0) is 4.79 Å². The Labute approximate surface area is 146 Å². The van der Waals surface area contributed by atoms with Crippen molar-refractivity contribution in [2.24, 2.45) is 0 Å². The maximum absolute atomic E-state index is 12.6. The summed E-state index contributed by atoms with van der Waals surface area (Å²) < 4.78 is 6.14. The number of ether oxygens (including phenoxy) is 1. The molecule has 0 heterocycles. The van der Waals surface area contributed by atoms with E-state index in [1.807, 2.05) is 60.7 Å². The minimum Gasteiger partial charge on any atom is -0.475 e. The van der Waals surface area contributed by atoms with E-state index in [1.165, 1.54) is 4.90 Å². The van der Waals surface area contributed by atoms with Gasteiger partial charge in [-0.2, -0.15) is 0 Å². The van der Waals surface area contributed by atoms with Crippen LogP contribution in [0.5, 0.6) is 5.75 Å². The lowest BCUT2D eigenvalue weighted by atomic mass is 10.1. The average molecular weight is 340 g/mol. The molecule has 4 heteroatoms. The van der Waals surface area contributed by atoms with Crippen molar-refractivity contribution in [1.29, 1.82) is 0 Å². The number of fused-ring (bicyclic) bond motifs is 1. The maximum atomic E-state index is 12.6. The quantitative estimate of drug-likeness (QED) is 0.689. The molecule has 0 N–H and O–H groups in total. The number of benzene rings is 3. The molecular weight excluding hydrogens is 322 g/mol. The van der Waals surface area contributed by atoms with Crippen molar-refractivity contribution in [3.8, 4) is 5.75 Å². The van der Waals surface area contributed by atoms with E-state index in [9.17, 15) is 4.79 Å². The van der Waals surface area contributed by atoms with Gasteiger partial charge in [0.25, 0.3) is 5.91 Å². The maximum Gasteiger partial charge on any atom is 0.267 e. The molecule has 0 unspecified atom stereocenters. The van der Waals surface area contributed by atoms with Crippen molar-refractivity contribution in [3.05, 3.63) is 77.3 Å². The van der Waals surface area contributed by atoms with Gasteiger partial charge in [-0.3, -0.25) is 4.79 Å². The van der Waals surface area contributed by atoms with Crippen LogP contribution in [0.15, 0.2) is 66.7 Å². The molecule has 1 amide bonds. The van der Waals surface area contributed by atoms with Crippen LogP contribution in [0.2, 0.25) is 5.02 Å². The second-order valence-electron chi connectivity index (χ2n) is 5.73. The van der Waals surface area contributed by atoms with Crippen LogP contribution in [0.25, 0.3) is 10.8 Å². The first-order chi connectivity index (χ1) is 11.6. The van der Waals surface area contributed by atoms with Gasteiger partial charge in [-0.15, -0.1) is 0 Å². The number of rotatable bonds is 4. The van der Waals surface area contributed by atoms with Gasteiger partial charge in [0.1, 0.15) is 5.75 Å². The first-order valence-corrected chi connectivity index (χ1v) is 8.05. The normalized spacial score (nSPS) is 12.0. The van der Waals surface area contributed by atoms with Gasteiger partial charge in [0, 0.05) is 35.5 Å². The van der Waals surface area contributed by atoms with Gasteiger partial charge in [0.15, 0.2) is 0 Å². The highest BCUT2D eigenvalue weighted by atomic mass is 35.5. The number of carbonyl (C=O) groups excluding carboxylic acids is 1. The Morgan fingerprint density at radius 3 is 2.21 bits per heavy atom. The van der Waals surface area contributed by atoms with E-state index in [0.29, 0.717) is 10.8 Å². The van der Waals surface area contributed by atoms with E-state index in [1.54, 1.807) is 20.2 Å². The number of amides is 1. The summed E-state index contributed by atoms with van der Waals surface area (Å²) in [5.41, 5.74) is 0.815. The Hall–Kier alpha value is -2.52. The zero-order chi connectivity index (χ0) is 17.1. The Bertz CT molecular complexity index is 862. The molecule has 0 aromatic heterocycles. The monoisotopic (exact) mass is 339 g/mol. The van der Waals surface area contributed by atoms with Gasteiger partial charge >= 0.3 is 0 Å². The molecule has 0 radical (unpaired) electrons. The Morgan fingerprint density at radius 2 is 1.54 bits per heavy atom. The van der Waals surface area contributed by atoms with Crippen LogP contribution in [0.1, 0.15) is 11.7 Å². The largest absolute Gasteiger partial charge is 0.475 e.